The first-order valence-corrected chi connectivity index (χ1v) is 8.87. The summed E-state index contributed by atoms with van der Waals surface area (Å²) in [6.07, 6.45) is 3.18. The minimum atomic E-state index is -0.0824. The lowest BCUT2D eigenvalue weighted by molar-refractivity contribution is 0.0951. The monoisotopic (exact) mass is 334 g/mol. The highest BCUT2D eigenvalue weighted by molar-refractivity contribution is 7.14. The molecule has 0 unspecified atom stereocenters. The summed E-state index contributed by atoms with van der Waals surface area (Å²) in [4.78, 5) is 14.1. The molecule has 0 aliphatic carbocycles. The van der Waals surface area contributed by atoms with Gasteiger partial charge >= 0.3 is 0 Å². The van der Waals surface area contributed by atoms with Crippen LogP contribution in [-0.4, -0.2) is 17.7 Å². The van der Waals surface area contributed by atoms with Crippen molar-refractivity contribution in [3.05, 3.63) is 39.4 Å². The molecular weight excluding hydrogens is 312 g/mol. The summed E-state index contributed by atoms with van der Waals surface area (Å²) < 4.78 is 10.9. The summed E-state index contributed by atoms with van der Waals surface area (Å²) >= 11 is 1.50. The number of ether oxygens (including phenoxy) is 1. The number of carbonyl (C=O) groups excluding carboxylic acids is 1. The molecule has 1 aliphatic heterocycles. The smallest absolute Gasteiger partial charge is 0.261 e. The summed E-state index contributed by atoms with van der Waals surface area (Å²) in [6.45, 7) is 5.45. The van der Waals surface area contributed by atoms with Crippen LogP contribution in [0.5, 0.6) is 0 Å². The van der Waals surface area contributed by atoms with Crippen LogP contribution in [0.2, 0.25) is 0 Å². The highest BCUT2D eigenvalue weighted by atomic mass is 32.1. The van der Waals surface area contributed by atoms with Crippen LogP contribution >= 0.6 is 11.3 Å². The number of hydrogen-bond donors (Lipinski definition) is 1. The third-order valence-electron chi connectivity index (χ3n) is 3.75. The number of nitrogens with zero attached hydrogens (tertiary/aromatic N) is 1. The minimum Gasteiger partial charge on any atom is -0.373 e. The van der Waals surface area contributed by atoms with Crippen LogP contribution < -0.4 is 5.32 Å². The Balaban J connectivity index is 1.53. The van der Waals surface area contributed by atoms with Crippen molar-refractivity contribution in [3.8, 4) is 0 Å². The van der Waals surface area contributed by atoms with Gasteiger partial charge in [-0.25, -0.2) is 0 Å². The second-order valence-electron chi connectivity index (χ2n) is 6.27. The van der Waals surface area contributed by atoms with E-state index in [9.17, 15) is 4.79 Å². The Morgan fingerprint density at radius 2 is 2.35 bits per heavy atom. The van der Waals surface area contributed by atoms with Gasteiger partial charge in [0.05, 0.1) is 23.2 Å². The van der Waals surface area contributed by atoms with Gasteiger partial charge in [0.15, 0.2) is 5.76 Å². The van der Waals surface area contributed by atoms with Crippen molar-refractivity contribution in [3.63, 3.8) is 0 Å². The zero-order chi connectivity index (χ0) is 16.2. The number of thiophene rings is 1. The van der Waals surface area contributed by atoms with Gasteiger partial charge in [-0.15, -0.1) is 11.3 Å². The SMILES string of the molecule is CC(C)Cc1cc(CNC(=O)c2ccc([C@@H]3CCCO3)s2)on1. The molecule has 0 bridgehead atoms. The molecule has 0 radical (unpaired) electrons. The summed E-state index contributed by atoms with van der Waals surface area (Å²) in [6, 6.07) is 5.76. The predicted molar refractivity (Wildman–Crippen MR) is 88.5 cm³/mol. The van der Waals surface area contributed by atoms with Crippen LogP contribution in [0.1, 0.15) is 58.8 Å². The van der Waals surface area contributed by atoms with Crippen LogP contribution in [0.4, 0.5) is 0 Å². The summed E-state index contributed by atoms with van der Waals surface area (Å²) in [5.74, 6) is 1.14. The van der Waals surface area contributed by atoms with Gasteiger partial charge in [0.2, 0.25) is 0 Å². The molecule has 1 amide bonds. The molecular formula is C17H22N2O3S. The molecule has 1 saturated heterocycles. The predicted octanol–water partition coefficient (Wildman–Crippen LogP) is 3.72. The molecule has 5 nitrogen and oxygen atoms in total. The molecule has 1 N–H and O–H groups in total. The van der Waals surface area contributed by atoms with Crippen molar-refractivity contribution in [2.24, 2.45) is 5.92 Å². The Bertz CT molecular complexity index is 656. The summed E-state index contributed by atoms with van der Waals surface area (Å²) in [5.41, 5.74) is 0.932. The maximum Gasteiger partial charge on any atom is 0.261 e. The standard InChI is InChI=1S/C17H22N2O3S/c1-11(2)8-12-9-13(22-19-12)10-18-17(20)16-6-5-15(23-16)14-4-3-7-21-14/h5-6,9,11,14H,3-4,7-8,10H2,1-2H3,(H,18,20)/t14-/m0/s1. The molecule has 23 heavy (non-hydrogen) atoms. The van der Waals surface area contributed by atoms with Crippen molar-refractivity contribution in [2.75, 3.05) is 6.61 Å². The second kappa shape index (κ2) is 7.27. The molecule has 1 atom stereocenters. The lowest BCUT2D eigenvalue weighted by Gasteiger charge is -2.05. The number of hydrogen-bond acceptors (Lipinski definition) is 5. The van der Waals surface area contributed by atoms with Crippen molar-refractivity contribution in [1.82, 2.24) is 10.5 Å². The Morgan fingerprint density at radius 1 is 1.48 bits per heavy atom. The first-order chi connectivity index (χ1) is 11.1. The molecule has 3 heterocycles. The maximum absolute atomic E-state index is 12.2. The number of rotatable bonds is 6. The lowest BCUT2D eigenvalue weighted by atomic mass is 10.1. The first kappa shape index (κ1) is 16.2. The number of amides is 1. The normalized spacial score (nSPS) is 17.8. The Kier molecular flexibility index (Phi) is 5.13. The molecule has 2 aromatic heterocycles. The van der Waals surface area contributed by atoms with E-state index in [1.54, 1.807) is 0 Å². The van der Waals surface area contributed by atoms with Gasteiger partial charge in [0, 0.05) is 17.6 Å². The molecule has 3 rings (SSSR count). The first-order valence-electron chi connectivity index (χ1n) is 8.06. The highest BCUT2D eigenvalue weighted by Crippen LogP contribution is 2.33. The number of nitrogens with one attached hydrogen (secondary N) is 1. The maximum atomic E-state index is 12.2. The van der Waals surface area contributed by atoms with E-state index >= 15 is 0 Å². The quantitative estimate of drug-likeness (QED) is 0.874. The van der Waals surface area contributed by atoms with Crippen LogP contribution in [0.25, 0.3) is 0 Å². The molecule has 2 aromatic rings. The van der Waals surface area contributed by atoms with E-state index in [1.165, 1.54) is 11.3 Å². The zero-order valence-electron chi connectivity index (χ0n) is 13.5. The number of carbonyl (C=O) groups is 1. The highest BCUT2D eigenvalue weighted by Gasteiger charge is 2.21. The third kappa shape index (κ3) is 4.20. The fourth-order valence-corrected chi connectivity index (χ4v) is 3.67. The summed E-state index contributed by atoms with van der Waals surface area (Å²) in [5, 5.41) is 6.91. The van der Waals surface area contributed by atoms with E-state index in [-0.39, 0.29) is 12.0 Å². The van der Waals surface area contributed by atoms with Gasteiger partial charge in [0.1, 0.15) is 0 Å². The molecule has 124 valence electrons. The molecule has 6 heteroatoms. The fourth-order valence-electron chi connectivity index (χ4n) is 2.66. The van der Waals surface area contributed by atoms with E-state index in [0.29, 0.717) is 23.1 Å². The fraction of sp³-hybridized carbons (Fsp3) is 0.529. The van der Waals surface area contributed by atoms with Gasteiger partial charge in [-0.1, -0.05) is 19.0 Å². The van der Waals surface area contributed by atoms with Crippen LogP contribution in [-0.2, 0) is 17.7 Å². The molecule has 1 aliphatic rings. The molecule has 0 spiro atoms. The van der Waals surface area contributed by atoms with Crippen molar-refractivity contribution in [2.45, 2.75) is 45.8 Å². The molecule has 1 fully saturated rings. The van der Waals surface area contributed by atoms with Gasteiger partial charge in [-0.2, -0.15) is 0 Å². The average Bonchev–Trinajstić information content (AvgIpc) is 3.24. The van der Waals surface area contributed by atoms with Gasteiger partial charge < -0.3 is 14.6 Å². The van der Waals surface area contributed by atoms with Crippen LogP contribution in [0.3, 0.4) is 0 Å². The van der Waals surface area contributed by atoms with Gasteiger partial charge in [0.25, 0.3) is 5.91 Å². The minimum absolute atomic E-state index is 0.0824. The van der Waals surface area contributed by atoms with Gasteiger partial charge in [-0.3, -0.25) is 4.79 Å². The average molecular weight is 334 g/mol. The van der Waals surface area contributed by atoms with Gasteiger partial charge in [-0.05, 0) is 37.3 Å². The van der Waals surface area contributed by atoms with E-state index < -0.39 is 0 Å². The largest absolute Gasteiger partial charge is 0.373 e. The van der Waals surface area contributed by atoms with Crippen molar-refractivity contribution in [1.29, 1.82) is 0 Å². The van der Waals surface area contributed by atoms with Crippen LogP contribution in [0.15, 0.2) is 22.7 Å². The Hall–Kier alpha value is -1.66. The van der Waals surface area contributed by atoms with E-state index in [0.717, 1.165) is 36.4 Å². The van der Waals surface area contributed by atoms with Crippen LogP contribution in [0, 0.1) is 5.92 Å². The molecule has 0 saturated carbocycles. The van der Waals surface area contributed by atoms with E-state index in [1.807, 2.05) is 18.2 Å². The van der Waals surface area contributed by atoms with Crippen molar-refractivity contribution >= 4 is 17.2 Å². The van der Waals surface area contributed by atoms with E-state index in [4.69, 9.17) is 9.26 Å². The topological polar surface area (TPSA) is 64.4 Å². The summed E-state index contributed by atoms with van der Waals surface area (Å²) in [7, 11) is 0. The Labute approximate surface area is 140 Å². The second-order valence-corrected chi connectivity index (χ2v) is 7.38. The van der Waals surface area contributed by atoms with E-state index in [2.05, 4.69) is 24.3 Å². The molecule has 0 aromatic carbocycles. The lowest BCUT2D eigenvalue weighted by Crippen LogP contribution is -2.21. The number of aromatic nitrogens is 1. The van der Waals surface area contributed by atoms with Crippen molar-refractivity contribution < 1.29 is 14.1 Å². The third-order valence-corrected chi connectivity index (χ3v) is 4.92. The zero-order valence-corrected chi connectivity index (χ0v) is 14.3. The Morgan fingerprint density at radius 3 is 3.09 bits per heavy atom.